The number of H-pyrrole nitrogens is 1. The highest BCUT2D eigenvalue weighted by Gasteiger charge is 2.25. The van der Waals surface area contributed by atoms with E-state index in [4.69, 9.17) is 27.9 Å². The Morgan fingerprint density at radius 1 is 1.21 bits per heavy atom. The Morgan fingerprint density at radius 2 is 1.93 bits per heavy atom. The zero-order chi connectivity index (χ0) is 20.3. The second kappa shape index (κ2) is 8.07. The Bertz CT molecular complexity index is 1190. The number of hydrogen-bond acceptors (Lipinski definition) is 5. The summed E-state index contributed by atoms with van der Waals surface area (Å²) in [5.41, 5.74) is 1.74. The predicted octanol–water partition coefficient (Wildman–Crippen LogP) is 4.73. The maximum absolute atomic E-state index is 12.9. The van der Waals surface area contributed by atoms with E-state index < -0.39 is 14.7 Å². The minimum Gasteiger partial charge on any atom is -0.497 e. The van der Waals surface area contributed by atoms with Crippen LogP contribution < -0.4 is 4.74 Å². The number of aromatic amines is 1. The van der Waals surface area contributed by atoms with Gasteiger partial charge in [-0.05, 0) is 48.5 Å². The molecule has 1 aromatic heterocycles. The van der Waals surface area contributed by atoms with E-state index in [1.807, 2.05) is 0 Å². The molecule has 9 heteroatoms. The van der Waals surface area contributed by atoms with Crippen LogP contribution in [-0.2, 0) is 9.84 Å². The van der Waals surface area contributed by atoms with Gasteiger partial charge >= 0.3 is 0 Å². The molecule has 0 amide bonds. The van der Waals surface area contributed by atoms with Crippen LogP contribution in [-0.4, -0.2) is 25.7 Å². The summed E-state index contributed by atoms with van der Waals surface area (Å²) < 4.78 is 31.0. The Balaban J connectivity index is 2.08. The van der Waals surface area contributed by atoms with Gasteiger partial charge < -0.3 is 4.74 Å². The molecule has 3 rings (SSSR count). The van der Waals surface area contributed by atoms with Crippen molar-refractivity contribution in [3.8, 4) is 23.1 Å². The van der Waals surface area contributed by atoms with Crippen molar-refractivity contribution in [2.24, 2.45) is 0 Å². The van der Waals surface area contributed by atoms with Gasteiger partial charge in [-0.1, -0.05) is 23.2 Å². The predicted molar refractivity (Wildman–Crippen MR) is 108 cm³/mol. The van der Waals surface area contributed by atoms with Gasteiger partial charge in [0.25, 0.3) is 0 Å². The second-order valence-corrected chi connectivity index (χ2v) is 8.36. The molecule has 6 nitrogen and oxygen atoms in total. The van der Waals surface area contributed by atoms with E-state index >= 15 is 0 Å². The van der Waals surface area contributed by atoms with Crippen molar-refractivity contribution in [2.45, 2.75) is 4.90 Å². The Labute approximate surface area is 171 Å². The van der Waals surface area contributed by atoms with E-state index in [-0.39, 0.29) is 14.9 Å². The smallest absolute Gasteiger partial charge is 0.218 e. The average Bonchev–Trinajstić information content (AvgIpc) is 3.16. The number of nitriles is 1. The Kier molecular flexibility index (Phi) is 5.75. The number of methoxy groups -OCH3 is 1. The summed E-state index contributed by atoms with van der Waals surface area (Å²) in [6.07, 6.45) is 2.68. The molecule has 0 spiro atoms. The van der Waals surface area contributed by atoms with Crippen LogP contribution in [0.5, 0.6) is 5.75 Å². The Hall–Kier alpha value is -2.79. The molecular formula is C19H13Cl2N3O3S. The lowest BCUT2D eigenvalue weighted by Crippen LogP contribution is -2.04. The Morgan fingerprint density at radius 3 is 2.57 bits per heavy atom. The van der Waals surface area contributed by atoms with Gasteiger partial charge in [0, 0.05) is 16.1 Å². The maximum Gasteiger partial charge on any atom is 0.218 e. The molecule has 142 valence electrons. The van der Waals surface area contributed by atoms with Gasteiger partial charge in [0.05, 0.1) is 28.9 Å². The van der Waals surface area contributed by atoms with Crippen LogP contribution in [0.15, 0.2) is 58.5 Å². The number of rotatable bonds is 5. The fraction of sp³-hybridized carbons (Fsp3) is 0.0526. The second-order valence-electron chi connectivity index (χ2n) is 5.63. The van der Waals surface area contributed by atoms with Crippen molar-refractivity contribution >= 4 is 39.1 Å². The SMILES string of the molecule is COc1ccc(-c2[nH]ncc2C=C(C#N)S(=O)(=O)c2cc(Cl)ccc2Cl)cc1. The van der Waals surface area contributed by atoms with Crippen molar-refractivity contribution in [3.63, 3.8) is 0 Å². The van der Waals surface area contributed by atoms with Gasteiger partial charge in [-0.3, -0.25) is 5.10 Å². The molecule has 0 bridgehead atoms. The summed E-state index contributed by atoms with van der Waals surface area (Å²) in [5.74, 6) is 0.677. The van der Waals surface area contributed by atoms with E-state index in [2.05, 4.69) is 10.2 Å². The van der Waals surface area contributed by atoms with E-state index in [0.717, 1.165) is 5.56 Å². The summed E-state index contributed by atoms with van der Waals surface area (Å²) in [4.78, 5) is -0.711. The zero-order valence-electron chi connectivity index (χ0n) is 14.5. The number of halogens is 2. The van der Waals surface area contributed by atoms with Gasteiger partial charge in [0.2, 0.25) is 9.84 Å². The molecule has 0 saturated carbocycles. The van der Waals surface area contributed by atoms with Crippen LogP contribution in [0.3, 0.4) is 0 Å². The lowest BCUT2D eigenvalue weighted by molar-refractivity contribution is 0.415. The topological polar surface area (TPSA) is 95.8 Å². The van der Waals surface area contributed by atoms with Gasteiger partial charge in [0.15, 0.2) is 0 Å². The van der Waals surface area contributed by atoms with Crippen LogP contribution in [0.1, 0.15) is 5.56 Å². The molecule has 0 saturated heterocycles. The quantitative estimate of drug-likeness (QED) is 0.586. The van der Waals surface area contributed by atoms with Crippen LogP contribution >= 0.6 is 23.2 Å². The molecular weight excluding hydrogens is 421 g/mol. The van der Waals surface area contributed by atoms with Gasteiger partial charge in [-0.2, -0.15) is 10.4 Å². The standard InChI is InChI=1S/C19H13Cl2N3O3S/c1-27-15-5-2-12(3-6-15)19-13(11-23-24-19)8-16(10-22)28(25,26)18-9-14(20)4-7-17(18)21/h2-9,11H,1H3,(H,23,24). The van der Waals surface area contributed by atoms with Crippen molar-refractivity contribution < 1.29 is 13.2 Å². The summed E-state index contributed by atoms with van der Waals surface area (Å²) in [5, 5.41) is 16.4. The molecule has 0 unspecified atom stereocenters. The fourth-order valence-electron chi connectivity index (χ4n) is 2.51. The molecule has 0 radical (unpaired) electrons. The first-order valence-corrected chi connectivity index (χ1v) is 10.1. The molecule has 2 aromatic carbocycles. The summed E-state index contributed by atoms with van der Waals surface area (Å²) >= 11 is 11.9. The van der Waals surface area contributed by atoms with E-state index in [1.165, 1.54) is 30.5 Å². The van der Waals surface area contributed by atoms with Crippen LogP contribution in [0.25, 0.3) is 17.3 Å². The molecule has 0 aliphatic rings. The molecule has 0 aliphatic heterocycles. The van der Waals surface area contributed by atoms with Crippen LogP contribution in [0.2, 0.25) is 10.0 Å². The van der Waals surface area contributed by atoms with Gasteiger partial charge in [-0.15, -0.1) is 0 Å². The van der Waals surface area contributed by atoms with E-state index in [9.17, 15) is 13.7 Å². The molecule has 1 N–H and O–H groups in total. The number of allylic oxidation sites excluding steroid dienone is 1. The highest BCUT2D eigenvalue weighted by molar-refractivity contribution is 7.95. The molecule has 0 aliphatic carbocycles. The minimum atomic E-state index is -4.17. The molecule has 3 aromatic rings. The molecule has 28 heavy (non-hydrogen) atoms. The highest BCUT2D eigenvalue weighted by Crippen LogP contribution is 2.31. The van der Waals surface area contributed by atoms with E-state index in [1.54, 1.807) is 37.4 Å². The largest absolute Gasteiger partial charge is 0.497 e. The first-order valence-electron chi connectivity index (χ1n) is 7.86. The normalized spacial score (nSPS) is 11.9. The number of nitrogens with zero attached hydrogens (tertiary/aromatic N) is 2. The van der Waals surface area contributed by atoms with Crippen molar-refractivity contribution in [3.05, 3.63) is 69.2 Å². The molecule has 1 heterocycles. The lowest BCUT2D eigenvalue weighted by atomic mass is 10.1. The van der Waals surface area contributed by atoms with Crippen molar-refractivity contribution in [2.75, 3.05) is 7.11 Å². The van der Waals surface area contributed by atoms with E-state index in [0.29, 0.717) is 17.0 Å². The third kappa shape index (κ3) is 3.90. The summed E-state index contributed by atoms with van der Waals surface area (Å²) in [6.45, 7) is 0. The first-order chi connectivity index (χ1) is 13.4. The molecule has 0 fully saturated rings. The van der Waals surface area contributed by atoms with Crippen LogP contribution in [0.4, 0.5) is 0 Å². The number of aromatic nitrogens is 2. The monoisotopic (exact) mass is 433 g/mol. The summed E-state index contributed by atoms with van der Waals surface area (Å²) in [6, 6.07) is 12.9. The van der Waals surface area contributed by atoms with Crippen molar-refractivity contribution in [1.82, 2.24) is 10.2 Å². The van der Waals surface area contributed by atoms with Crippen molar-refractivity contribution in [1.29, 1.82) is 5.26 Å². The number of benzene rings is 2. The van der Waals surface area contributed by atoms with Crippen LogP contribution in [0, 0.1) is 11.3 Å². The number of nitrogens with one attached hydrogen (secondary N) is 1. The maximum atomic E-state index is 12.9. The number of hydrogen-bond donors (Lipinski definition) is 1. The highest BCUT2D eigenvalue weighted by atomic mass is 35.5. The lowest BCUT2D eigenvalue weighted by Gasteiger charge is -2.07. The zero-order valence-corrected chi connectivity index (χ0v) is 16.8. The number of ether oxygens (including phenoxy) is 1. The average molecular weight is 434 g/mol. The first kappa shape index (κ1) is 20.0. The third-order valence-corrected chi connectivity index (χ3v) is 6.30. The number of sulfone groups is 1. The molecule has 0 atom stereocenters. The van der Waals surface area contributed by atoms with Gasteiger partial charge in [-0.25, -0.2) is 8.42 Å². The fourth-order valence-corrected chi connectivity index (χ4v) is 4.41. The third-order valence-electron chi connectivity index (χ3n) is 3.92. The summed E-state index contributed by atoms with van der Waals surface area (Å²) in [7, 11) is -2.61. The minimum absolute atomic E-state index is 0.0203. The van der Waals surface area contributed by atoms with Gasteiger partial charge in [0.1, 0.15) is 16.7 Å².